The first-order valence-corrected chi connectivity index (χ1v) is 7.27. The Balaban J connectivity index is 3.09. The summed E-state index contributed by atoms with van der Waals surface area (Å²) in [6.45, 7) is 8.02. The summed E-state index contributed by atoms with van der Waals surface area (Å²) in [5.41, 5.74) is 0. The van der Waals surface area contributed by atoms with E-state index in [1.807, 2.05) is 0 Å². The number of nitrogens with zero attached hydrogens (tertiary/aromatic N) is 1. The van der Waals surface area contributed by atoms with E-state index in [4.69, 9.17) is 11.1 Å². The summed E-state index contributed by atoms with van der Waals surface area (Å²) in [6.07, 6.45) is 1.30. The first kappa shape index (κ1) is 10.5. The molecule has 0 aromatic rings. The van der Waals surface area contributed by atoms with Crippen LogP contribution in [0, 0.1) is 0 Å². The standard InChI is InChI=1S/C7H18ClNSi/c1-3-9(4-2)6-5-7-10-8/h3-7,10H2,1-2H3. The van der Waals surface area contributed by atoms with Crippen molar-refractivity contribution in [2.24, 2.45) is 0 Å². The van der Waals surface area contributed by atoms with Gasteiger partial charge in [0, 0.05) is 0 Å². The molecule has 0 aromatic carbocycles. The van der Waals surface area contributed by atoms with Gasteiger partial charge in [-0.1, -0.05) is 13.8 Å². The lowest BCUT2D eigenvalue weighted by atomic mass is 10.4. The highest BCUT2D eigenvalue weighted by Gasteiger charge is 1.96. The van der Waals surface area contributed by atoms with Gasteiger partial charge >= 0.3 is 0 Å². The molecule has 10 heavy (non-hydrogen) atoms. The van der Waals surface area contributed by atoms with Crippen molar-refractivity contribution in [2.75, 3.05) is 19.6 Å². The van der Waals surface area contributed by atoms with E-state index in [-0.39, 0.29) is 8.83 Å². The van der Waals surface area contributed by atoms with E-state index in [2.05, 4.69) is 18.7 Å². The van der Waals surface area contributed by atoms with Crippen LogP contribution in [0.15, 0.2) is 0 Å². The van der Waals surface area contributed by atoms with Crippen molar-refractivity contribution in [3.8, 4) is 0 Å². The second-order valence-electron chi connectivity index (χ2n) is 2.42. The molecule has 3 heteroatoms. The monoisotopic (exact) mass is 179 g/mol. The molecule has 0 aliphatic rings. The Kier molecular flexibility index (Phi) is 7.93. The summed E-state index contributed by atoms with van der Waals surface area (Å²) in [5, 5.41) is 0. The zero-order chi connectivity index (χ0) is 7.82. The second-order valence-corrected chi connectivity index (χ2v) is 4.64. The Hall–Kier alpha value is 0.467. The Morgan fingerprint density at radius 3 is 2.30 bits per heavy atom. The number of hydrogen-bond donors (Lipinski definition) is 0. The Labute approximate surface area is 71.3 Å². The SMILES string of the molecule is CCN(CC)CCC[SiH2]Cl. The highest BCUT2D eigenvalue weighted by atomic mass is 35.6. The summed E-state index contributed by atoms with van der Waals surface area (Å²) >= 11 is 5.69. The first-order valence-electron chi connectivity index (χ1n) is 4.13. The summed E-state index contributed by atoms with van der Waals surface area (Å²) in [6, 6.07) is 1.29. The smallest absolute Gasteiger partial charge is 0.125 e. The maximum atomic E-state index is 5.69. The van der Waals surface area contributed by atoms with Crippen LogP contribution in [0.1, 0.15) is 20.3 Å². The highest BCUT2D eigenvalue weighted by Crippen LogP contribution is 1.95. The molecule has 0 spiro atoms. The zero-order valence-electron chi connectivity index (χ0n) is 7.07. The van der Waals surface area contributed by atoms with Crippen LogP contribution >= 0.6 is 11.1 Å². The van der Waals surface area contributed by atoms with Crippen LogP contribution in [0.25, 0.3) is 0 Å². The molecule has 0 heterocycles. The molecule has 0 saturated carbocycles. The van der Waals surface area contributed by atoms with E-state index in [0.717, 1.165) is 0 Å². The fourth-order valence-electron chi connectivity index (χ4n) is 0.970. The molecule has 0 fully saturated rings. The van der Waals surface area contributed by atoms with Crippen molar-refractivity contribution in [1.29, 1.82) is 0 Å². The number of hydrogen-bond acceptors (Lipinski definition) is 1. The number of halogens is 1. The molecule has 0 saturated heterocycles. The Morgan fingerprint density at radius 2 is 1.90 bits per heavy atom. The van der Waals surface area contributed by atoms with Crippen LogP contribution in [-0.2, 0) is 0 Å². The fourth-order valence-corrected chi connectivity index (χ4v) is 1.95. The third kappa shape index (κ3) is 5.27. The van der Waals surface area contributed by atoms with Crippen molar-refractivity contribution in [3.63, 3.8) is 0 Å². The number of rotatable bonds is 6. The van der Waals surface area contributed by atoms with E-state index in [0.29, 0.717) is 0 Å². The fraction of sp³-hybridized carbons (Fsp3) is 1.00. The normalized spacial score (nSPS) is 12.0. The molecule has 62 valence electrons. The molecule has 0 aromatic heterocycles. The average Bonchev–Trinajstić information content (AvgIpc) is 1.99. The molecule has 0 amide bonds. The van der Waals surface area contributed by atoms with E-state index >= 15 is 0 Å². The van der Waals surface area contributed by atoms with Crippen molar-refractivity contribution < 1.29 is 0 Å². The van der Waals surface area contributed by atoms with Crippen molar-refractivity contribution in [2.45, 2.75) is 26.3 Å². The quantitative estimate of drug-likeness (QED) is 0.339. The summed E-state index contributed by atoms with van der Waals surface area (Å²) in [5.74, 6) is 0. The van der Waals surface area contributed by atoms with Gasteiger partial charge in [-0.05, 0) is 32.1 Å². The minimum absolute atomic E-state index is 0.199. The van der Waals surface area contributed by atoms with Crippen molar-refractivity contribution >= 4 is 19.9 Å². The average molecular weight is 180 g/mol. The third-order valence-corrected chi connectivity index (χ3v) is 3.32. The van der Waals surface area contributed by atoms with Crippen LogP contribution in [-0.4, -0.2) is 33.4 Å². The van der Waals surface area contributed by atoms with E-state index in [9.17, 15) is 0 Å². The van der Waals surface area contributed by atoms with Gasteiger partial charge < -0.3 is 4.90 Å². The molecule has 0 rings (SSSR count). The van der Waals surface area contributed by atoms with Crippen LogP contribution in [0.2, 0.25) is 6.04 Å². The maximum absolute atomic E-state index is 5.69. The summed E-state index contributed by atoms with van der Waals surface area (Å²) in [4.78, 5) is 2.45. The lowest BCUT2D eigenvalue weighted by molar-refractivity contribution is 0.304. The molecule has 0 aliphatic heterocycles. The van der Waals surface area contributed by atoms with Crippen LogP contribution in [0.3, 0.4) is 0 Å². The van der Waals surface area contributed by atoms with Gasteiger partial charge in [-0.3, -0.25) is 0 Å². The molecular formula is C7H18ClNSi. The summed E-state index contributed by atoms with van der Waals surface area (Å²) < 4.78 is 0. The lowest BCUT2D eigenvalue weighted by Crippen LogP contribution is -2.23. The molecule has 0 atom stereocenters. The molecular weight excluding hydrogens is 162 g/mol. The Morgan fingerprint density at radius 1 is 1.30 bits per heavy atom. The van der Waals surface area contributed by atoms with Crippen LogP contribution < -0.4 is 0 Å². The largest absolute Gasteiger partial charge is 0.304 e. The molecule has 0 unspecified atom stereocenters. The second kappa shape index (κ2) is 7.57. The summed E-state index contributed by atoms with van der Waals surface area (Å²) in [7, 11) is -0.199. The van der Waals surface area contributed by atoms with Gasteiger partial charge in [0.15, 0.2) is 0 Å². The first-order chi connectivity index (χ1) is 4.85. The van der Waals surface area contributed by atoms with Gasteiger partial charge in [0.25, 0.3) is 0 Å². The topological polar surface area (TPSA) is 3.24 Å². The van der Waals surface area contributed by atoms with Crippen LogP contribution in [0.5, 0.6) is 0 Å². The highest BCUT2D eigenvalue weighted by molar-refractivity contribution is 6.93. The predicted octanol–water partition coefficient (Wildman–Crippen LogP) is 1.46. The van der Waals surface area contributed by atoms with Gasteiger partial charge in [-0.25, -0.2) is 0 Å². The van der Waals surface area contributed by atoms with E-state index < -0.39 is 0 Å². The van der Waals surface area contributed by atoms with Crippen molar-refractivity contribution in [1.82, 2.24) is 4.90 Å². The zero-order valence-corrected chi connectivity index (χ0v) is 9.24. The van der Waals surface area contributed by atoms with Gasteiger partial charge in [-0.2, -0.15) is 11.1 Å². The maximum Gasteiger partial charge on any atom is 0.125 e. The van der Waals surface area contributed by atoms with Gasteiger partial charge in [0.2, 0.25) is 0 Å². The van der Waals surface area contributed by atoms with Gasteiger partial charge in [0.05, 0.1) is 0 Å². The van der Waals surface area contributed by atoms with E-state index in [1.54, 1.807) is 0 Å². The molecule has 0 bridgehead atoms. The predicted molar refractivity (Wildman–Crippen MR) is 51.6 cm³/mol. The Bertz CT molecular complexity index is 66.6. The van der Waals surface area contributed by atoms with Crippen LogP contribution in [0.4, 0.5) is 0 Å². The van der Waals surface area contributed by atoms with E-state index in [1.165, 1.54) is 32.1 Å². The molecule has 0 aliphatic carbocycles. The third-order valence-electron chi connectivity index (χ3n) is 1.75. The molecule has 1 nitrogen and oxygen atoms in total. The van der Waals surface area contributed by atoms with Gasteiger partial charge in [-0.15, -0.1) is 0 Å². The van der Waals surface area contributed by atoms with Gasteiger partial charge in [0.1, 0.15) is 8.83 Å². The molecule has 0 N–H and O–H groups in total. The lowest BCUT2D eigenvalue weighted by Gasteiger charge is -2.16. The molecule has 0 radical (unpaired) electrons. The minimum atomic E-state index is -0.199. The minimum Gasteiger partial charge on any atom is -0.304 e. The van der Waals surface area contributed by atoms with Crippen molar-refractivity contribution in [3.05, 3.63) is 0 Å².